The molecule has 3 N–H and O–H groups in total. The van der Waals surface area contributed by atoms with Gasteiger partial charge in [0.25, 0.3) is 5.91 Å². The van der Waals surface area contributed by atoms with Gasteiger partial charge in [-0.2, -0.15) is 0 Å². The Labute approximate surface area is 201 Å². The van der Waals surface area contributed by atoms with Gasteiger partial charge in [0.15, 0.2) is 11.7 Å². The number of amides is 2. The fourth-order valence-electron chi connectivity index (χ4n) is 3.31. The van der Waals surface area contributed by atoms with E-state index < -0.39 is 0 Å². The van der Waals surface area contributed by atoms with Gasteiger partial charge in [0.05, 0.1) is 5.69 Å². The molecule has 1 heterocycles. The van der Waals surface area contributed by atoms with Crippen molar-refractivity contribution in [2.45, 2.75) is 6.54 Å². The van der Waals surface area contributed by atoms with Crippen molar-refractivity contribution in [1.29, 1.82) is 0 Å². The molecule has 172 valence electrons. The molecule has 7 nitrogen and oxygen atoms in total. The summed E-state index contributed by atoms with van der Waals surface area (Å²) in [4.78, 5) is 31.4. The van der Waals surface area contributed by atoms with Crippen LogP contribution in [0.4, 0.5) is 10.8 Å². The maximum Gasteiger partial charge on any atom is 0.261 e. The molecule has 4 rings (SSSR count). The molecule has 3 aromatic carbocycles. The fourth-order valence-corrected chi connectivity index (χ4v) is 3.88. The van der Waals surface area contributed by atoms with Crippen molar-refractivity contribution in [1.82, 2.24) is 9.88 Å². The minimum atomic E-state index is -0.297. The number of ether oxygens (including phenoxy) is 1. The molecular weight excluding hydrogens is 448 g/mol. The fraction of sp³-hybridized carbons (Fsp3) is 0.115. The van der Waals surface area contributed by atoms with Crippen LogP contribution in [-0.2, 0) is 16.1 Å². The summed E-state index contributed by atoms with van der Waals surface area (Å²) in [7, 11) is 0. The number of nitrogens with zero attached hydrogens (tertiary/aromatic N) is 2. The number of nitrogens with one attached hydrogen (secondary N) is 1. The van der Waals surface area contributed by atoms with Gasteiger partial charge in [-0.25, -0.2) is 4.98 Å². The largest absolute Gasteiger partial charge is 0.484 e. The summed E-state index contributed by atoms with van der Waals surface area (Å²) in [5, 5.41) is 5.24. The molecule has 0 unspecified atom stereocenters. The zero-order valence-corrected chi connectivity index (χ0v) is 19.2. The highest BCUT2D eigenvalue weighted by Gasteiger charge is 2.19. The molecule has 0 spiro atoms. The first kappa shape index (κ1) is 23.0. The third-order valence-corrected chi connectivity index (χ3v) is 5.67. The van der Waals surface area contributed by atoms with E-state index in [4.69, 9.17) is 10.5 Å². The molecule has 0 saturated heterocycles. The molecule has 4 aromatic rings. The standard InChI is InChI=1S/C26H24N4O3S/c27-26-29-23(18-34-26)20-11-13-21(14-12-20)28-24(31)16-30(15-19-7-3-1-4-8-19)25(32)17-33-22-9-5-2-6-10-22/h1-14,18H,15-17H2,(H2,27,29)(H,28,31). The van der Waals surface area contributed by atoms with Crippen molar-refractivity contribution in [3.05, 3.63) is 95.9 Å². The lowest BCUT2D eigenvalue weighted by Crippen LogP contribution is -2.40. The average molecular weight is 473 g/mol. The van der Waals surface area contributed by atoms with E-state index in [1.165, 1.54) is 16.2 Å². The molecule has 0 bridgehead atoms. The van der Waals surface area contributed by atoms with Crippen molar-refractivity contribution >= 4 is 34.0 Å². The SMILES string of the molecule is Nc1nc(-c2ccc(NC(=O)CN(Cc3ccccc3)C(=O)COc3ccccc3)cc2)cs1. The molecule has 0 aliphatic heterocycles. The van der Waals surface area contributed by atoms with Crippen molar-refractivity contribution in [3.63, 3.8) is 0 Å². The quantitative estimate of drug-likeness (QED) is 0.375. The number of carbonyl (C=O) groups is 2. The van der Waals surface area contributed by atoms with Crippen LogP contribution in [0, 0.1) is 0 Å². The average Bonchev–Trinajstić information content (AvgIpc) is 3.30. The first-order valence-corrected chi connectivity index (χ1v) is 11.6. The van der Waals surface area contributed by atoms with Gasteiger partial charge in [-0.05, 0) is 29.8 Å². The van der Waals surface area contributed by atoms with Gasteiger partial charge < -0.3 is 20.7 Å². The summed E-state index contributed by atoms with van der Waals surface area (Å²) in [5.41, 5.74) is 8.95. The smallest absolute Gasteiger partial charge is 0.261 e. The summed E-state index contributed by atoms with van der Waals surface area (Å²) >= 11 is 1.38. The highest BCUT2D eigenvalue weighted by molar-refractivity contribution is 7.13. The lowest BCUT2D eigenvalue weighted by atomic mass is 10.1. The molecule has 2 amide bonds. The van der Waals surface area contributed by atoms with Crippen LogP contribution in [0.5, 0.6) is 5.75 Å². The number of hydrogen-bond acceptors (Lipinski definition) is 6. The summed E-state index contributed by atoms with van der Waals surface area (Å²) in [6, 6.07) is 26.0. The zero-order valence-electron chi connectivity index (χ0n) is 18.4. The van der Waals surface area contributed by atoms with Crippen LogP contribution in [0.1, 0.15) is 5.56 Å². The van der Waals surface area contributed by atoms with E-state index in [-0.39, 0.29) is 25.0 Å². The third kappa shape index (κ3) is 6.43. The number of nitrogens with two attached hydrogens (primary N) is 1. The monoisotopic (exact) mass is 472 g/mol. The maximum absolute atomic E-state index is 12.9. The van der Waals surface area contributed by atoms with Crippen molar-refractivity contribution in [2.24, 2.45) is 0 Å². The van der Waals surface area contributed by atoms with E-state index in [0.29, 0.717) is 23.1 Å². The summed E-state index contributed by atoms with van der Waals surface area (Å²) in [5.74, 6) is 0.0240. The number of thiazole rings is 1. The van der Waals surface area contributed by atoms with E-state index in [2.05, 4.69) is 10.3 Å². The Balaban J connectivity index is 1.40. The van der Waals surface area contributed by atoms with Crippen LogP contribution >= 0.6 is 11.3 Å². The van der Waals surface area contributed by atoms with Crippen LogP contribution in [0.25, 0.3) is 11.3 Å². The van der Waals surface area contributed by atoms with Crippen LogP contribution < -0.4 is 15.8 Å². The van der Waals surface area contributed by atoms with Gasteiger partial charge in [-0.3, -0.25) is 9.59 Å². The number of anilines is 2. The van der Waals surface area contributed by atoms with Crippen molar-refractivity contribution in [2.75, 3.05) is 24.2 Å². The molecule has 0 atom stereocenters. The number of benzene rings is 3. The first-order chi connectivity index (χ1) is 16.6. The minimum absolute atomic E-state index is 0.101. The van der Waals surface area contributed by atoms with Crippen LogP contribution in [0.2, 0.25) is 0 Å². The van der Waals surface area contributed by atoms with Crippen LogP contribution in [0.15, 0.2) is 90.3 Å². The molecule has 8 heteroatoms. The van der Waals surface area contributed by atoms with E-state index in [1.54, 1.807) is 24.3 Å². The summed E-state index contributed by atoms with van der Waals surface area (Å²) in [6.45, 7) is 0.0429. The first-order valence-electron chi connectivity index (χ1n) is 10.7. The Morgan fingerprint density at radius 3 is 2.26 bits per heavy atom. The van der Waals surface area contributed by atoms with Gasteiger partial charge in [0.1, 0.15) is 12.3 Å². The predicted octanol–water partition coefficient (Wildman–Crippen LogP) is 4.44. The Morgan fingerprint density at radius 1 is 0.941 bits per heavy atom. The Hall–Kier alpha value is -4.17. The van der Waals surface area contributed by atoms with Gasteiger partial charge >= 0.3 is 0 Å². The normalized spacial score (nSPS) is 10.5. The Bertz CT molecular complexity index is 1230. The van der Waals surface area contributed by atoms with Crippen LogP contribution in [-0.4, -0.2) is 34.8 Å². The molecule has 34 heavy (non-hydrogen) atoms. The Morgan fingerprint density at radius 2 is 1.62 bits per heavy atom. The van der Waals surface area contributed by atoms with Gasteiger partial charge in [0, 0.05) is 23.2 Å². The molecule has 0 fully saturated rings. The second-order valence-electron chi connectivity index (χ2n) is 7.53. The van der Waals surface area contributed by atoms with E-state index >= 15 is 0 Å². The summed E-state index contributed by atoms with van der Waals surface area (Å²) < 4.78 is 5.61. The van der Waals surface area contributed by atoms with Gasteiger partial charge in [-0.15, -0.1) is 11.3 Å². The second kappa shape index (κ2) is 11.1. The van der Waals surface area contributed by atoms with E-state index in [9.17, 15) is 9.59 Å². The number of para-hydroxylation sites is 1. The van der Waals surface area contributed by atoms with Gasteiger partial charge in [0.2, 0.25) is 5.91 Å². The molecule has 0 radical (unpaired) electrons. The Kier molecular flexibility index (Phi) is 7.52. The molecule has 1 aromatic heterocycles. The highest BCUT2D eigenvalue weighted by Crippen LogP contribution is 2.24. The predicted molar refractivity (Wildman–Crippen MR) is 134 cm³/mol. The topological polar surface area (TPSA) is 97.5 Å². The summed E-state index contributed by atoms with van der Waals surface area (Å²) in [6.07, 6.45) is 0. The van der Waals surface area contributed by atoms with E-state index in [0.717, 1.165) is 16.8 Å². The lowest BCUT2D eigenvalue weighted by Gasteiger charge is -2.22. The van der Waals surface area contributed by atoms with Crippen molar-refractivity contribution in [3.8, 4) is 17.0 Å². The molecule has 0 saturated carbocycles. The number of nitrogen functional groups attached to an aromatic ring is 1. The van der Waals surface area contributed by atoms with Crippen molar-refractivity contribution < 1.29 is 14.3 Å². The number of carbonyl (C=O) groups excluding carboxylic acids is 2. The van der Waals surface area contributed by atoms with Crippen LogP contribution in [0.3, 0.4) is 0 Å². The lowest BCUT2D eigenvalue weighted by molar-refractivity contribution is -0.137. The minimum Gasteiger partial charge on any atom is -0.484 e. The maximum atomic E-state index is 12.9. The highest BCUT2D eigenvalue weighted by atomic mass is 32.1. The molecule has 0 aliphatic carbocycles. The number of rotatable bonds is 9. The molecular formula is C26H24N4O3S. The van der Waals surface area contributed by atoms with E-state index in [1.807, 2.05) is 66.0 Å². The second-order valence-corrected chi connectivity index (χ2v) is 8.42. The van der Waals surface area contributed by atoms with Gasteiger partial charge in [-0.1, -0.05) is 60.7 Å². The number of hydrogen-bond donors (Lipinski definition) is 2. The molecule has 0 aliphatic rings. The zero-order chi connectivity index (χ0) is 23.8. The third-order valence-electron chi connectivity index (χ3n) is 5.00. The number of aromatic nitrogens is 1.